The first-order valence-electron chi connectivity index (χ1n) is 16.1. The Morgan fingerprint density at radius 3 is 2.70 bits per heavy atom. The first-order chi connectivity index (χ1) is 22.3. The van der Waals surface area contributed by atoms with Gasteiger partial charge in [-0.1, -0.05) is 24.3 Å². The van der Waals surface area contributed by atoms with Crippen molar-refractivity contribution in [3.8, 4) is 0 Å². The lowest BCUT2D eigenvalue weighted by atomic mass is 10.1. The third-order valence-corrected chi connectivity index (χ3v) is 8.60. The molecule has 0 unspecified atom stereocenters. The number of hydrogen-bond acceptors (Lipinski definition) is 9. The largest absolute Gasteiger partial charge is 0.464 e. The van der Waals surface area contributed by atoms with Crippen molar-refractivity contribution < 1.29 is 47.3 Å². The van der Waals surface area contributed by atoms with Gasteiger partial charge in [-0.05, 0) is 58.6 Å². The summed E-state index contributed by atoms with van der Waals surface area (Å²) in [4.78, 5) is 69.7. The number of nitrogens with zero attached hydrogens (tertiary/aromatic N) is 2. The Hall–Kier alpha value is -4.20. The number of fused-ring (bicyclic) bond motifs is 3. The van der Waals surface area contributed by atoms with Crippen molar-refractivity contribution in [3.05, 3.63) is 47.3 Å². The van der Waals surface area contributed by atoms with Gasteiger partial charge in [0.25, 0.3) is 0 Å². The average Bonchev–Trinajstić information content (AvgIpc) is 3.31. The molecule has 1 aromatic carbocycles. The standard InChI is InChI=1S/C33H43FN4O9/c1-5-45-29(41)33-15-21(33)11-7-6-8-13-44-19-25(35-30(42)47-32(2,3)4)28(40)38-17-22(14-26(38)27(39)36-33)46-31(43)37-16-20-10-9-12-24(34)23(20)18-37/h7,9-12,21-22,25-26H,5-6,8,13-19H2,1-4H3,(H,35,42)(H,36,39)/b11-7-/t21-,22+,25-,26-,33+/m0/s1. The lowest BCUT2D eigenvalue weighted by molar-refractivity contribution is -0.150. The van der Waals surface area contributed by atoms with E-state index in [1.54, 1.807) is 39.8 Å². The lowest BCUT2D eigenvalue weighted by Crippen LogP contribution is -2.57. The van der Waals surface area contributed by atoms with E-state index < -0.39 is 65.1 Å². The number of ether oxygens (including phenoxy) is 4. The zero-order valence-electron chi connectivity index (χ0n) is 27.2. The fourth-order valence-electron chi connectivity index (χ4n) is 6.20. The van der Waals surface area contributed by atoms with Crippen LogP contribution in [0.2, 0.25) is 0 Å². The molecule has 47 heavy (non-hydrogen) atoms. The number of rotatable bonds is 4. The van der Waals surface area contributed by atoms with E-state index in [4.69, 9.17) is 18.9 Å². The summed E-state index contributed by atoms with van der Waals surface area (Å²) in [5.41, 5.74) is -1.05. The number of esters is 1. The molecule has 3 aliphatic heterocycles. The second-order valence-corrected chi connectivity index (χ2v) is 13.3. The van der Waals surface area contributed by atoms with Crippen LogP contribution in [0.1, 0.15) is 64.5 Å². The average molecular weight is 659 g/mol. The molecule has 0 aromatic heterocycles. The van der Waals surface area contributed by atoms with Crippen LogP contribution < -0.4 is 10.6 Å². The van der Waals surface area contributed by atoms with E-state index >= 15 is 0 Å². The summed E-state index contributed by atoms with van der Waals surface area (Å²) >= 11 is 0. The van der Waals surface area contributed by atoms with E-state index in [9.17, 15) is 28.4 Å². The van der Waals surface area contributed by atoms with Crippen LogP contribution in [-0.4, -0.2) is 95.5 Å². The number of allylic oxidation sites excluding steroid dienone is 1. The van der Waals surface area contributed by atoms with Crippen LogP contribution in [0.3, 0.4) is 0 Å². The van der Waals surface area contributed by atoms with Crippen molar-refractivity contribution in [2.45, 2.75) is 95.8 Å². The zero-order chi connectivity index (χ0) is 33.9. The van der Waals surface area contributed by atoms with Crippen LogP contribution in [0.4, 0.5) is 14.0 Å². The lowest BCUT2D eigenvalue weighted by Gasteiger charge is -2.30. The molecule has 4 aliphatic rings. The van der Waals surface area contributed by atoms with Gasteiger partial charge in [-0.2, -0.15) is 0 Å². The van der Waals surface area contributed by atoms with Crippen molar-refractivity contribution in [3.63, 3.8) is 0 Å². The third kappa shape index (κ3) is 7.86. The number of alkyl carbamates (subject to hydrolysis) is 1. The quantitative estimate of drug-likeness (QED) is 0.283. The highest BCUT2D eigenvalue weighted by Crippen LogP contribution is 2.46. The SMILES string of the molecule is CCOC(=O)[C@@]12C[C@@H]1/C=C\CCCOC[C@H](NC(=O)OC(C)(C)C)C(=O)N1C[C@H](OC(=O)N3Cc4cccc(F)c4C3)C[C@H]1C(=O)N2. The summed E-state index contributed by atoms with van der Waals surface area (Å²) in [6.45, 7) is 6.97. The van der Waals surface area contributed by atoms with Crippen molar-refractivity contribution >= 4 is 30.0 Å². The van der Waals surface area contributed by atoms with Crippen molar-refractivity contribution in [1.29, 1.82) is 0 Å². The Balaban J connectivity index is 1.38. The van der Waals surface area contributed by atoms with Gasteiger partial charge in [0.15, 0.2) is 0 Å². The molecule has 0 radical (unpaired) electrons. The van der Waals surface area contributed by atoms with Crippen LogP contribution in [0.5, 0.6) is 0 Å². The summed E-state index contributed by atoms with van der Waals surface area (Å²) < 4.78 is 36.6. The molecule has 14 heteroatoms. The molecular weight excluding hydrogens is 615 g/mol. The molecule has 2 fully saturated rings. The molecular formula is C33H43FN4O9. The predicted octanol–water partition coefficient (Wildman–Crippen LogP) is 2.95. The number of hydrogen-bond donors (Lipinski definition) is 2. The zero-order valence-corrected chi connectivity index (χ0v) is 27.2. The van der Waals surface area contributed by atoms with Gasteiger partial charge >= 0.3 is 18.2 Å². The van der Waals surface area contributed by atoms with Crippen LogP contribution in [-0.2, 0) is 46.4 Å². The number of nitrogens with one attached hydrogen (secondary N) is 2. The summed E-state index contributed by atoms with van der Waals surface area (Å²) in [6, 6.07) is 2.26. The number of amides is 4. The number of carbonyl (C=O) groups is 5. The number of halogens is 1. The Kier molecular flexibility index (Phi) is 10.1. The molecule has 1 aromatic rings. The Labute approximate surface area is 273 Å². The van der Waals surface area contributed by atoms with Gasteiger partial charge in [0.2, 0.25) is 11.8 Å². The minimum absolute atomic E-state index is 0.0241. The van der Waals surface area contributed by atoms with E-state index in [0.717, 1.165) is 0 Å². The molecule has 1 aliphatic carbocycles. The van der Waals surface area contributed by atoms with E-state index in [1.165, 1.54) is 15.9 Å². The fourth-order valence-corrected chi connectivity index (χ4v) is 6.20. The molecule has 3 heterocycles. The highest BCUT2D eigenvalue weighted by Gasteiger charge is 2.62. The highest BCUT2D eigenvalue weighted by atomic mass is 19.1. The van der Waals surface area contributed by atoms with Gasteiger partial charge < -0.3 is 34.5 Å². The highest BCUT2D eigenvalue weighted by molar-refractivity contribution is 5.96. The van der Waals surface area contributed by atoms with E-state index in [2.05, 4.69) is 10.6 Å². The maximum atomic E-state index is 14.3. The molecule has 5 atom stereocenters. The third-order valence-electron chi connectivity index (χ3n) is 8.60. The summed E-state index contributed by atoms with van der Waals surface area (Å²) in [5.74, 6) is -2.55. The fraction of sp³-hybridized carbons (Fsp3) is 0.606. The number of benzene rings is 1. The molecule has 1 saturated carbocycles. The minimum atomic E-state index is -1.29. The normalized spacial score (nSPS) is 28.4. The first-order valence-corrected chi connectivity index (χ1v) is 16.1. The maximum Gasteiger partial charge on any atom is 0.410 e. The summed E-state index contributed by atoms with van der Waals surface area (Å²) in [7, 11) is 0. The molecule has 13 nitrogen and oxygen atoms in total. The predicted molar refractivity (Wildman–Crippen MR) is 164 cm³/mol. The van der Waals surface area contributed by atoms with Gasteiger partial charge in [0, 0.05) is 31.1 Å². The van der Waals surface area contributed by atoms with Crippen molar-refractivity contribution in [1.82, 2.24) is 20.4 Å². The molecule has 0 bridgehead atoms. The number of carbonyl (C=O) groups excluding carboxylic acids is 5. The van der Waals surface area contributed by atoms with Crippen molar-refractivity contribution in [2.24, 2.45) is 5.92 Å². The monoisotopic (exact) mass is 658 g/mol. The Bertz CT molecular complexity index is 1430. The second kappa shape index (κ2) is 13.9. The minimum Gasteiger partial charge on any atom is -0.464 e. The van der Waals surface area contributed by atoms with E-state index in [0.29, 0.717) is 30.4 Å². The van der Waals surface area contributed by atoms with Gasteiger partial charge in [-0.15, -0.1) is 0 Å². The summed E-state index contributed by atoms with van der Waals surface area (Å²) in [5, 5.41) is 5.42. The molecule has 0 spiro atoms. The van der Waals surface area contributed by atoms with Crippen LogP contribution in [0, 0.1) is 11.7 Å². The Morgan fingerprint density at radius 2 is 1.98 bits per heavy atom. The van der Waals surface area contributed by atoms with Gasteiger partial charge in [0.05, 0.1) is 26.3 Å². The first kappa shape index (κ1) is 34.1. The topological polar surface area (TPSA) is 153 Å². The maximum absolute atomic E-state index is 14.3. The molecule has 2 N–H and O–H groups in total. The van der Waals surface area contributed by atoms with Crippen molar-refractivity contribution in [2.75, 3.05) is 26.4 Å². The smallest absolute Gasteiger partial charge is 0.410 e. The molecule has 5 rings (SSSR count). The molecule has 1 saturated heterocycles. The van der Waals surface area contributed by atoms with Gasteiger partial charge in [-0.3, -0.25) is 14.5 Å². The van der Waals surface area contributed by atoms with Gasteiger partial charge in [-0.25, -0.2) is 18.8 Å². The van der Waals surface area contributed by atoms with Crippen LogP contribution in [0.25, 0.3) is 0 Å². The summed E-state index contributed by atoms with van der Waals surface area (Å²) in [6.07, 6.45) is 2.84. The van der Waals surface area contributed by atoms with Crippen LogP contribution >= 0.6 is 0 Å². The van der Waals surface area contributed by atoms with E-state index in [-0.39, 0.29) is 51.8 Å². The second-order valence-electron chi connectivity index (χ2n) is 13.3. The Morgan fingerprint density at radius 1 is 1.19 bits per heavy atom. The van der Waals surface area contributed by atoms with Gasteiger partial charge in [0.1, 0.15) is 35.1 Å². The van der Waals surface area contributed by atoms with E-state index in [1.807, 2.05) is 12.2 Å². The molecule has 256 valence electrons. The molecule has 4 amide bonds. The van der Waals surface area contributed by atoms with Crippen LogP contribution in [0.15, 0.2) is 30.4 Å².